The summed E-state index contributed by atoms with van der Waals surface area (Å²) in [5.41, 5.74) is 3.91. The van der Waals surface area contributed by atoms with E-state index < -0.39 is 0 Å². The molecular weight excluding hydrogens is 295 g/mol. The Balaban J connectivity index is 2.88. The molecule has 1 rings (SSSR count). The Labute approximate surface area is 106 Å². The SMILES string of the molecule is C=C(/C=C\C)/C=C(/I)C1=C(C)C=CCC1. The van der Waals surface area contributed by atoms with Crippen LogP contribution < -0.4 is 0 Å². The van der Waals surface area contributed by atoms with Gasteiger partial charge >= 0.3 is 0 Å². The van der Waals surface area contributed by atoms with Crippen molar-refractivity contribution in [2.75, 3.05) is 0 Å². The molecule has 1 heteroatoms. The van der Waals surface area contributed by atoms with Crippen LogP contribution in [0.5, 0.6) is 0 Å². The van der Waals surface area contributed by atoms with Crippen LogP contribution in [0.3, 0.4) is 0 Å². The van der Waals surface area contributed by atoms with E-state index in [1.54, 1.807) is 0 Å². The van der Waals surface area contributed by atoms with Crippen LogP contribution in [-0.2, 0) is 0 Å². The van der Waals surface area contributed by atoms with E-state index in [0.717, 1.165) is 18.4 Å². The maximum Gasteiger partial charge on any atom is 0.0170 e. The molecule has 0 aliphatic heterocycles. The van der Waals surface area contributed by atoms with Crippen LogP contribution in [0.15, 0.2) is 57.3 Å². The number of rotatable bonds is 3. The van der Waals surface area contributed by atoms with E-state index in [-0.39, 0.29) is 0 Å². The summed E-state index contributed by atoms with van der Waals surface area (Å²) in [4.78, 5) is 0. The van der Waals surface area contributed by atoms with E-state index in [0.29, 0.717) is 0 Å². The molecular formula is C14H17I. The molecule has 0 heterocycles. The molecule has 15 heavy (non-hydrogen) atoms. The van der Waals surface area contributed by atoms with Gasteiger partial charge in [-0.1, -0.05) is 30.9 Å². The van der Waals surface area contributed by atoms with Gasteiger partial charge in [-0.3, -0.25) is 0 Å². The van der Waals surface area contributed by atoms with Gasteiger partial charge in [0.25, 0.3) is 0 Å². The van der Waals surface area contributed by atoms with E-state index in [4.69, 9.17) is 0 Å². The van der Waals surface area contributed by atoms with Gasteiger partial charge in [0.1, 0.15) is 0 Å². The minimum Gasteiger partial charge on any atom is -0.0917 e. The lowest BCUT2D eigenvalue weighted by atomic mass is 9.98. The summed E-state index contributed by atoms with van der Waals surface area (Å²) in [5, 5.41) is 0. The predicted octanol–water partition coefficient (Wildman–Crippen LogP) is 5.10. The fourth-order valence-electron chi connectivity index (χ4n) is 1.61. The second-order valence-corrected chi connectivity index (χ2v) is 4.83. The minimum absolute atomic E-state index is 1.07. The third-order valence-electron chi connectivity index (χ3n) is 2.39. The van der Waals surface area contributed by atoms with Crippen LogP contribution in [0.2, 0.25) is 0 Å². The lowest BCUT2D eigenvalue weighted by molar-refractivity contribution is 0.967. The zero-order chi connectivity index (χ0) is 11.3. The fraction of sp³-hybridized carbons (Fsp3) is 0.286. The van der Waals surface area contributed by atoms with Crippen LogP contribution in [0.1, 0.15) is 26.7 Å². The number of allylic oxidation sites excluding steroid dienone is 9. The lowest BCUT2D eigenvalue weighted by Gasteiger charge is -2.12. The summed E-state index contributed by atoms with van der Waals surface area (Å²) in [5.74, 6) is 0. The number of hydrogen-bond donors (Lipinski definition) is 0. The Morgan fingerprint density at radius 2 is 2.27 bits per heavy atom. The van der Waals surface area contributed by atoms with Crippen molar-refractivity contribution in [3.8, 4) is 0 Å². The Morgan fingerprint density at radius 3 is 2.87 bits per heavy atom. The number of hydrogen-bond acceptors (Lipinski definition) is 0. The zero-order valence-electron chi connectivity index (χ0n) is 9.39. The first-order valence-corrected chi connectivity index (χ1v) is 6.28. The summed E-state index contributed by atoms with van der Waals surface area (Å²) in [6, 6.07) is 0. The highest BCUT2D eigenvalue weighted by atomic mass is 127. The molecule has 0 nitrogen and oxygen atoms in total. The van der Waals surface area contributed by atoms with Gasteiger partial charge in [-0.2, -0.15) is 0 Å². The van der Waals surface area contributed by atoms with Gasteiger partial charge in [-0.15, -0.1) is 0 Å². The molecule has 1 aliphatic carbocycles. The molecule has 0 bridgehead atoms. The summed E-state index contributed by atoms with van der Waals surface area (Å²) >= 11 is 2.41. The van der Waals surface area contributed by atoms with Crippen LogP contribution in [0.4, 0.5) is 0 Å². The van der Waals surface area contributed by atoms with Crippen molar-refractivity contribution in [1.29, 1.82) is 0 Å². The standard InChI is InChI=1S/C14H17I/c1-4-7-11(2)10-14(15)13-9-6-5-8-12(13)3/h4-5,7-8,10H,2,6,9H2,1,3H3/b7-4-,14-10+. The molecule has 1 aliphatic rings. The molecule has 0 radical (unpaired) electrons. The van der Waals surface area contributed by atoms with E-state index in [1.807, 2.05) is 19.1 Å². The monoisotopic (exact) mass is 312 g/mol. The van der Waals surface area contributed by atoms with Crippen molar-refractivity contribution in [3.05, 3.63) is 57.3 Å². The van der Waals surface area contributed by atoms with Gasteiger partial charge in [0.05, 0.1) is 0 Å². The molecule has 0 unspecified atom stereocenters. The van der Waals surface area contributed by atoms with Gasteiger partial charge in [0.15, 0.2) is 0 Å². The molecule has 0 aromatic carbocycles. The molecule has 0 aromatic heterocycles. The molecule has 0 N–H and O–H groups in total. The summed E-state index contributed by atoms with van der Waals surface area (Å²) in [6.07, 6.45) is 13.0. The lowest BCUT2D eigenvalue weighted by Crippen LogP contribution is -1.92. The van der Waals surface area contributed by atoms with E-state index >= 15 is 0 Å². The maximum atomic E-state index is 4.00. The third-order valence-corrected chi connectivity index (χ3v) is 3.35. The molecule has 0 saturated carbocycles. The first-order valence-electron chi connectivity index (χ1n) is 5.20. The van der Waals surface area contributed by atoms with Crippen molar-refractivity contribution in [3.63, 3.8) is 0 Å². The average molecular weight is 312 g/mol. The summed E-state index contributed by atoms with van der Waals surface area (Å²) < 4.78 is 1.32. The topological polar surface area (TPSA) is 0 Å². The first-order chi connectivity index (χ1) is 7.15. The van der Waals surface area contributed by atoms with Gasteiger partial charge in [0, 0.05) is 3.58 Å². The molecule has 0 fully saturated rings. The van der Waals surface area contributed by atoms with Crippen LogP contribution in [0, 0.1) is 0 Å². The Kier molecular flexibility index (Phi) is 5.09. The smallest absolute Gasteiger partial charge is 0.0170 e. The normalized spacial score (nSPS) is 17.7. The summed E-state index contributed by atoms with van der Waals surface area (Å²) in [7, 11) is 0. The Hall–Kier alpha value is -0.570. The molecule has 0 amide bonds. The van der Waals surface area contributed by atoms with Crippen LogP contribution in [0.25, 0.3) is 0 Å². The zero-order valence-corrected chi connectivity index (χ0v) is 11.5. The summed E-state index contributed by atoms with van der Waals surface area (Å²) in [6.45, 7) is 8.19. The molecule has 80 valence electrons. The van der Waals surface area contributed by atoms with E-state index in [9.17, 15) is 0 Å². The molecule has 0 spiro atoms. The van der Waals surface area contributed by atoms with Crippen molar-refractivity contribution in [2.45, 2.75) is 26.7 Å². The fourth-order valence-corrected chi connectivity index (χ4v) is 2.70. The van der Waals surface area contributed by atoms with Crippen molar-refractivity contribution < 1.29 is 0 Å². The highest BCUT2D eigenvalue weighted by molar-refractivity contribution is 14.1. The van der Waals surface area contributed by atoms with Gasteiger partial charge in [-0.25, -0.2) is 0 Å². The quantitative estimate of drug-likeness (QED) is 0.502. The largest absolute Gasteiger partial charge is 0.0917 e. The average Bonchev–Trinajstić information content (AvgIpc) is 2.18. The highest BCUT2D eigenvalue weighted by Crippen LogP contribution is 2.30. The second kappa shape index (κ2) is 6.11. The van der Waals surface area contributed by atoms with E-state index in [2.05, 4.69) is 54.3 Å². The maximum absolute atomic E-state index is 4.00. The second-order valence-electron chi connectivity index (χ2n) is 3.67. The third kappa shape index (κ3) is 3.82. The van der Waals surface area contributed by atoms with Crippen molar-refractivity contribution in [1.82, 2.24) is 0 Å². The Morgan fingerprint density at radius 1 is 1.53 bits per heavy atom. The molecule has 0 atom stereocenters. The van der Waals surface area contributed by atoms with Crippen LogP contribution >= 0.6 is 22.6 Å². The van der Waals surface area contributed by atoms with Crippen LogP contribution in [-0.4, -0.2) is 0 Å². The number of halogens is 1. The molecule has 0 aromatic rings. The highest BCUT2D eigenvalue weighted by Gasteiger charge is 2.07. The van der Waals surface area contributed by atoms with Crippen molar-refractivity contribution >= 4 is 22.6 Å². The predicted molar refractivity (Wildman–Crippen MR) is 77.1 cm³/mol. The van der Waals surface area contributed by atoms with Crippen molar-refractivity contribution in [2.24, 2.45) is 0 Å². The van der Waals surface area contributed by atoms with Gasteiger partial charge in [-0.05, 0) is 72.1 Å². The molecule has 0 saturated heterocycles. The van der Waals surface area contributed by atoms with Gasteiger partial charge in [0.2, 0.25) is 0 Å². The first kappa shape index (κ1) is 12.5. The van der Waals surface area contributed by atoms with Gasteiger partial charge < -0.3 is 0 Å². The Bertz CT molecular complexity index is 365. The minimum atomic E-state index is 1.07. The van der Waals surface area contributed by atoms with E-state index in [1.165, 1.54) is 14.7 Å².